The second-order valence-corrected chi connectivity index (χ2v) is 8.65. The molecular weight excluding hydrogens is 423 g/mol. The molecule has 0 bridgehead atoms. The Labute approximate surface area is 187 Å². The molecule has 30 heavy (non-hydrogen) atoms. The molecule has 0 aliphatic rings. The molecule has 0 spiro atoms. The molecule has 0 saturated heterocycles. The average Bonchev–Trinajstić information content (AvgIpc) is 2.72. The van der Waals surface area contributed by atoms with Gasteiger partial charge in [0, 0.05) is 28.9 Å². The summed E-state index contributed by atoms with van der Waals surface area (Å²) >= 11 is 7.45. The molecule has 2 rings (SSSR count). The zero-order valence-electron chi connectivity index (χ0n) is 17.5. The summed E-state index contributed by atoms with van der Waals surface area (Å²) in [4.78, 5) is 27.1. The molecule has 2 aromatic rings. The number of hydrogen-bond donors (Lipinski definition) is 1. The summed E-state index contributed by atoms with van der Waals surface area (Å²) in [7, 11) is 0. The van der Waals surface area contributed by atoms with Crippen LogP contribution >= 0.6 is 23.4 Å². The zero-order valence-corrected chi connectivity index (χ0v) is 19.1. The number of rotatable bonds is 10. The molecule has 2 aromatic carbocycles. The normalized spacial score (nSPS) is 12.8. The van der Waals surface area contributed by atoms with Gasteiger partial charge in [0.25, 0.3) is 0 Å². The van der Waals surface area contributed by atoms with Gasteiger partial charge in [0.2, 0.25) is 11.8 Å². The standard InChI is InChI=1S/C23H28ClFN2O2S/c1-4-16(2)26-23(29)17(3)27(13-19-9-5-6-11-21(19)25)22(28)15-30-14-18-8-7-10-20(24)12-18/h5-12,16-17H,4,13-15H2,1-3H3,(H,26,29)/t16-,17+/m1/s1. The monoisotopic (exact) mass is 450 g/mol. The molecule has 0 aliphatic carbocycles. The van der Waals surface area contributed by atoms with E-state index in [4.69, 9.17) is 11.6 Å². The van der Waals surface area contributed by atoms with Gasteiger partial charge < -0.3 is 10.2 Å². The van der Waals surface area contributed by atoms with Crippen LogP contribution in [0.25, 0.3) is 0 Å². The third kappa shape index (κ3) is 7.33. The van der Waals surface area contributed by atoms with Gasteiger partial charge in [-0.3, -0.25) is 9.59 Å². The minimum Gasteiger partial charge on any atom is -0.352 e. The summed E-state index contributed by atoms with van der Waals surface area (Å²) in [6, 6.07) is 13.1. The van der Waals surface area contributed by atoms with E-state index in [2.05, 4.69) is 5.32 Å². The van der Waals surface area contributed by atoms with E-state index in [1.807, 2.05) is 32.0 Å². The molecule has 0 heterocycles. The fourth-order valence-corrected chi connectivity index (χ4v) is 3.89. The van der Waals surface area contributed by atoms with E-state index in [0.717, 1.165) is 12.0 Å². The van der Waals surface area contributed by atoms with Crippen molar-refractivity contribution in [1.29, 1.82) is 0 Å². The van der Waals surface area contributed by atoms with Gasteiger partial charge in [0.1, 0.15) is 11.9 Å². The SMILES string of the molecule is CC[C@@H](C)NC(=O)[C@H](C)N(Cc1ccccc1F)C(=O)CSCc1cccc(Cl)c1. The van der Waals surface area contributed by atoms with Crippen molar-refractivity contribution in [2.45, 2.75) is 51.6 Å². The first-order chi connectivity index (χ1) is 14.3. The van der Waals surface area contributed by atoms with E-state index in [0.29, 0.717) is 16.3 Å². The number of nitrogens with one attached hydrogen (secondary N) is 1. The first-order valence-corrected chi connectivity index (χ1v) is 11.5. The molecule has 0 aliphatic heterocycles. The summed E-state index contributed by atoms with van der Waals surface area (Å²) in [5.74, 6) is -0.0442. The lowest BCUT2D eigenvalue weighted by atomic mass is 10.1. The van der Waals surface area contributed by atoms with Crippen LogP contribution in [0.15, 0.2) is 48.5 Å². The Morgan fingerprint density at radius 2 is 1.90 bits per heavy atom. The fourth-order valence-electron chi connectivity index (χ4n) is 2.82. The van der Waals surface area contributed by atoms with Crippen molar-refractivity contribution >= 4 is 35.2 Å². The third-order valence-corrected chi connectivity index (χ3v) is 6.07. The van der Waals surface area contributed by atoms with E-state index in [9.17, 15) is 14.0 Å². The number of benzene rings is 2. The number of hydrogen-bond acceptors (Lipinski definition) is 3. The maximum atomic E-state index is 14.2. The van der Waals surface area contributed by atoms with E-state index >= 15 is 0 Å². The van der Waals surface area contributed by atoms with E-state index in [1.54, 1.807) is 31.2 Å². The van der Waals surface area contributed by atoms with Crippen molar-refractivity contribution in [3.63, 3.8) is 0 Å². The second-order valence-electron chi connectivity index (χ2n) is 7.23. The molecule has 4 nitrogen and oxygen atoms in total. The quantitative estimate of drug-likeness (QED) is 0.551. The zero-order chi connectivity index (χ0) is 22.1. The van der Waals surface area contributed by atoms with Crippen molar-refractivity contribution in [3.05, 3.63) is 70.5 Å². The van der Waals surface area contributed by atoms with Gasteiger partial charge in [-0.15, -0.1) is 11.8 Å². The van der Waals surface area contributed by atoms with Crippen molar-refractivity contribution in [1.82, 2.24) is 10.2 Å². The minimum absolute atomic E-state index is 0.00238. The third-order valence-electron chi connectivity index (χ3n) is 4.85. The Balaban J connectivity index is 2.09. The van der Waals surface area contributed by atoms with Gasteiger partial charge in [0.05, 0.1) is 5.75 Å². The van der Waals surface area contributed by atoms with Gasteiger partial charge in [-0.25, -0.2) is 4.39 Å². The van der Waals surface area contributed by atoms with Crippen molar-refractivity contribution in [3.8, 4) is 0 Å². The molecule has 0 aromatic heterocycles. The Kier molecular flexibility index (Phi) is 9.66. The van der Waals surface area contributed by atoms with Crippen LogP contribution in [0.1, 0.15) is 38.3 Å². The van der Waals surface area contributed by atoms with Gasteiger partial charge in [-0.05, 0) is 44.0 Å². The lowest BCUT2D eigenvalue weighted by Crippen LogP contribution is -2.50. The van der Waals surface area contributed by atoms with E-state index in [1.165, 1.54) is 22.7 Å². The highest BCUT2D eigenvalue weighted by Gasteiger charge is 2.27. The van der Waals surface area contributed by atoms with Crippen molar-refractivity contribution < 1.29 is 14.0 Å². The number of carbonyl (C=O) groups excluding carboxylic acids is 2. The Hall–Kier alpha value is -2.05. The van der Waals surface area contributed by atoms with Crippen LogP contribution in [0.2, 0.25) is 5.02 Å². The van der Waals surface area contributed by atoms with Crippen LogP contribution < -0.4 is 5.32 Å². The van der Waals surface area contributed by atoms with E-state index in [-0.39, 0.29) is 30.2 Å². The maximum absolute atomic E-state index is 14.2. The highest BCUT2D eigenvalue weighted by atomic mass is 35.5. The largest absolute Gasteiger partial charge is 0.352 e. The smallest absolute Gasteiger partial charge is 0.242 e. The summed E-state index contributed by atoms with van der Waals surface area (Å²) in [5.41, 5.74) is 1.40. The van der Waals surface area contributed by atoms with Crippen LogP contribution in [0.3, 0.4) is 0 Å². The minimum atomic E-state index is -0.710. The van der Waals surface area contributed by atoms with Crippen LogP contribution in [0, 0.1) is 5.82 Å². The number of halogens is 2. The highest BCUT2D eigenvalue weighted by Crippen LogP contribution is 2.19. The van der Waals surface area contributed by atoms with Crippen LogP contribution in [-0.4, -0.2) is 34.6 Å². The Morgan fingerprint density at radius 3 is 2.57 bits per heavy atom. The van der Waals surface area contributed by atoms with Crippen LogP contribution in [0.4, 0.5) is 4.39 Å². The Morgan fingerprint density at radius 1 is 1.17 bits per heavy atom. The lowest BCUT2D eigenvalue weighted by molar-refractivity contribution is -0.139. The number of nitrogens with zero attached hydrogens (tertiary/aromatic N) is 1. The maximum Gasteiger partial charge on any atom is 0.242 e. The lowest BCUT2D eigenvalue weighted by Gasteiger charge is -2.29. The Bertz CT molecular complexity index is 865. The first kappa shape index (κ1) is 24.2. The molecule has 2 amide bonds. The van der Waals surface area contributed by atoms with Gasteiger partial charge in [-0.1, -0.05) is 48.9 Å². The van der Waals surface area contributed by atoms with Gasteiger partial charge in [0.15, 0.2) is 0 Å². The summed E-state index contributed by atoms with van der Waals surface area (Å²) < 4.78 is 14.2. The molecule has 0 fully saturated rings. The van der Waals surface area contributed by atoms with Crippen LogP contribution in [-0.2, 0) is 21.9 Å². The van der Waals surface area contributed by atoms with Crippen LogP contribution in [0.5, 0.6) is 0 Å². The van der Waals surface area contributed by atoms with Gasteiger partial charge in [-0.2, -0.15) is 0 Å². The summed E-state index contributed by atoms with van der Waals surface area (Å²) in [5, 5.41) is 3.55. The molecule has 2 atom stereocenters. The molecular formula is C23H28ClFN2O2S. The molecule has 1 N–H and O–H groups in total. The molecule has 162 valence electrons. The second kappa shape index (κ2) is 12.0. The predicted molar refractivity (Wildman–Crippen MR) is 122 cm³/mol. The van der Waals surface area contributed by atoms with E-state index < -0.39 is 11.9 Å². The molecule has 0 radical (unpaired) electrons. The highest BCUT2D eigenvalue weighted by molar-refractivity contribution is 7.99. The number of carbonyl (C=O) groups is 2. The molecule has 0 unspecified atom stereocenters. The van der Waals surface area contributed by atoms with Crippen molar-refractivity contribution in [2.24, 2.45) is 0 Å². The topological polar surface area (TPSA) is 49.4 Å². The number of thioether (sulfide) groups is 1. The number of amides is 2. The first-order valence-electron chi connectivity index (χ1n) is 9.97. The fraction of sp³-hybridized carbons (Fsp3) is 0.391. The average molecular weight is 451 g/mol. The predicted octanol–water partition coefficient (Wildman–Crippen LogP) is 5.04. The molecule has 0 saturated carbocycles. The van der Waals surface area contributed by atoms with Gasteiger partial charge >= 0.3 is 0 Å². The molecule has 7 heteroatoms. The summed E-state index contributed by atoms with van der Waals surface area (Å²) in [6.07, 6.45) is 0.787. The summed E-state index contributed by atoms with van der Waals surface area (Å²) in [6.45, 7) is 5.61. The van der Waals surface area contributed by atoms with Crippen molar-refractivity contribution in [2.75, 3.05) is 5.75 Å².